The number of hydrogen-bond acceptors (Lipinski definition) is 5. The van der Waals surface area contributed by atoms with E-state index >= 15 is 0 Å². The van der Waals surface area contributed by atoms with Crippen LogP contribution in [0.2, 0.25) is 0 Å². The third kappa shape index (κ3) is 8.87. The van der Waals surface area contributed by atoms with Crippen molar-refractivity contribution in [1.82, 2.24) is 9.62 Å². The van der Waals surface area contributed by atoms with Crippen molar-refractivity contribution in [2.24, 2.45) is 0 Å². The number of ether oxygens (including phenoxy) is 1. The molecule has 20 heavy (non-hydrogen) atoms. The number of sulfonamides is 1. The molecular formula is C12H24N2O5S. The van der Waals surface area contributed by atoms with Crippen LogP contribution in [0.5, 0.6) is 0 Å². The van der Waals surface area contributed by atoms with Crippen LogP contribution < -0.4 is 5.32 Å². The number of amides is 1. The van der Waals surface area contributed by atoms with E-state index < -0.39 is 21.6 Å². The first-order valence-corrected chi connectivity index (χ1v) is 7.94. The molecule has 0 rings (SSSR count). The Balaban J connectivity index is 3.94. The number of hydrogen-bond donors (Lipinski definition) is 1. The van der Waals surface area contributed by atoms with Gasteiger partial charge in [0.05, 0.1) is 12.2 Å². The highest BCUT2D eigenvalue weighted by Gasteiger charge is 2.17. The largest absolute Gasteiger partial charge is 0.460 e. The monoisotopic (exact) mass is 308 g/mol. The molecule has 0 aromatic heterocycles. The molecule has 0 atom stereocenters. The molecule has 7 nitrogen and oxygen atoms in total. The summed E-state index contributed by atoms with van der Waals surface area (Å²) < 4.78 is 29.0. The van der Waals surface area contributed by atoms with Gasteiger partial charge in [0.15, 0.2) is 0 Å². The highest BCUT2D eigenvalue weighted by atomic mass is 32.2. The Hall–Kier alpha value is -1.15. The van der Waals surface area contributed by atoms with Crippen molar-refractivity contribution in [3.63, 3.8) is 0 Å². The normalized spacial score (nSPS) is 12.3. The van der Waals surface area contributed by atoms with E-state index in [2.05, 4.69) is 5.32 Å². The second-order valence-corrected chi connectivity index (χ2v) is 7.84. The van der Waals surface area contributed by atoms with E-state index in [1.165, 1.54) is 14.1 Å². The molecule has 0 unspecified atom stereocenters. The Morgan fingerprint density at radius 1 is 1.15 bits per heavy atom. The summed E-state index contributed by atoms with van der Waals surface area (Å²) >= 11 is 0. The molecule has 0 bridgehead atoms. The van der Waals surface area contributed by atoms with E-state index in [-0.39, 0.29) is 31.0 Å². The maximum absolute atomic E-state index is 11.4. The van der Waals surface area contributed by atoms with Crippen molar-refractivity contribution >= 4 is 21.9 Å². The second kappa shape index (κ2) is 7.58. The van der Waals surface area contributed by atoms with E-state index in [0.29, 0.717) is 0 Å². The maximum Gasteiger partial charge on any atom is 0.306 e. The summed E-state index contributed by atoms with van der Waals surface area (Å²) in [5.74, 6) is -0.989. The molecule has 1 N–H and O–H groups in total. The fourth-order valence-corrected chi connectivity index (χ4v) is 1.92. The SMILES string of the molecule is CN(C)S(=O)(=O)CCNC(=O)CCC(=O)OC(C)(C)C. The zero-order chi connectivity index (χ0) is 16.0. The van der Waals surface area contributed by atoms with Crippen LogP contribution in [0.1, 0.15) is 33.6 Å². The number of rotatable bonds is 7. The molecule has 0 radical (unpaired) electrons. The third-order valence-electron chi connectivity index (χ3n) is 2.21. The molecule has 0 aliphatic heterocycles. The van der Waals surface area contributed by atoms with E-state index in [1.54, 1.807) is 20.8 Å². The van der Waals surface area contributed by atoms with Crippen LogP contribution in [0.3, 0.4) is 0 Å². The van der Waals surface area contributed by atoms with Crippen LogP contribution in [0, 0.1) is 0 Å². The van der Waals surface area contributed by atoms with Crippen LogP contribution in [0.25, 0.3) is 0 Å². The van der Waals surface area contributed by atoms with Gasteiger partial charge >= 0.3 is 5.97 Å². The first-order valence-electron chi connectivity index (χ1n) is 6.33. The first-order chi connectivity index (χ1) is 8.94. The number of carbonyl (C=O) groups excluding carboxylic acids is 2. The van der Waals surface area contributed by atoms with Crippen molar-refractivity contribution in [3.8, 4) is 0 Å². The summed E-state index contributed by atoms with van der Waals surface area (Å²) in [7, 11) is -0.462. The first kappa shape index (κ1) is 18.9. The van der Waals surface area contributed by atoms with Crippen molar-refractivity contribution in [2.75, 3.05) is 26.4 Å². The molecule has 0 saturated heterocycles. The minimum absolute atomic E-state index is 0.0169. The molecule has 118 valence electrons. The summed E-state index contributed by atoms with van der Waals surface area (Å²) in [6.07, 6.45) is -0.0412. The van der Waals surface area contributed by atoms with Gasteiger partial charge < -0.3 is 10.1 Å². The highest BCUT2D eigenvalue weighted by Crippen LogP contribution is 2.08. The van der Waals surface area contributed by atoms with Gasteiger partial charge in [0, 0.05) is 27.1 Å². The van der Waals surface area contributed by atoms with Gasteiger partial charge in [-0.05, 0) is 20.8 Å². The summed E-state index contributed by atoms with van der Waals surface area (Å²) in [4.78, 5) is 22.8. The van der Waals surface area contributed by atoms with Gasteiger partial charge in [-0.2, -0.15) is 0 Å². The molecule has 0 aliphatic carbocycles. The lowest BCUT2D eigenvalue weighted by atomic mass is 10.2. The fourth-order valence-electron chi connectivity index (χ4n) is 1.20. The smallest absolute Gasteiger partial charge is 0.306 e. The molecule has 0 spiro atoms. The Kier molecular flexibility index (Phi) is 7.15. The lowest BCUT2D eigenvalue weighted by Gasteiger charge is -2.19. The predicted octanol–water partition coefficient (Wildman–Crippen LogP) is 0.116. The van der Waals surface area contributed by atoms with Crippen LogP contribution in [-0.2, 0) is 24.3 Å². The number of carbonyl (C=O) groups is 2. The standard InChI is InChI=1S/C12H24N2O5S/c1-12(2,3)19-11(16)7-6-10(15)13-8-9-20(17,18)14(4)5/h6-9H2,1-5H3,(H,13,15). The molecule has 0 aliphatic rings. The zero-order valence-corrected chi connectivity index (χ0v) is 13.5. The lowest BCUT2D eigenvalue weighted by Crippen LogP contribution is -2.34. The maximum atomic E-state index is 11.4. The minimum atomic E-state index is -3.32. The highest BCUT2D eigenvalue weighted by molar-refractivity contribution is 7.89. The van der Waals surface area contributed by atoms with Gasteiger partial charge in [-0.25, -0.2) is 12.7 Å². The molecular weight excluding hydrogens is 284 g/mol. The Morgan fingerprint density at radius 3 is 2.15 bits per heavy atom. The molecule has 0 heterocycles. The van der Waals surface area contributed by atoms with E-state index in [9.17, 15) is 18.0 Å². The van der Waals surface area contributed by atoms with Crippen LogP contribution >= 0.6 is 0 Å². The van der Waals surface area contributed by atoms with Gasteiger partial charge in [-0.1, -0.05) is 0 Å². The molecule has 1 amide bonds. The number of esters is 1. The van der Waals surface area contributed by atoms with Crippen molar-refractivity contribution in [2.45, 2.75) is 39.2 Å². The number of nitrogens with one attached hydrogen (secondary N) is 1. The number of nitrogens with zero attached hydrogens (tertiary/aromatic N) is 1. The average molecular weight is 308 g/mol. The van der Waals surface area contributed by atoms with Gasteiger partial charge in [0.2, 0.25) is 15.9 Å². The molecule has 0 saturated carbocycles. The second-order valence-electron chi connectivity index (χ2n) is 5.53. The zero-order valence-electron chi connectivity index (χ0n) is 12.7. The minimum Gasteiger partial charge on any atom is -0.460 e. The predicted molar refractivity (Wildman–Crippen MR) is 75.6 cm³/mol. The Bertz CT molecular complexity index is 437. The van der Waals surface area contributed by atoms with Crippen molar-refractivity contribution < 1.29 is 22.7 Å². The fraction of sp³-hybridized carbons (Fsp3) is 0.833. The van der Waals surface area contributed by atoms with Gasteiger partial charge in [-0.15, -0.1) is 0 Å². The van der Waals surface area contributed by atoms with Gasteiger partial charge in [0.25, 0.3) is 0 Å². The van der Waals surface area contributed by atoms with Crippen LogP contribution in [0.4, 0.5) is 0 Å². The quantitative estimate of drug-likeness (QED) is 0.674. The Labute approximate surface area is 120 Å². The van der Waals surface area contributed by atoms with E-state index in [1.807, 2.05) is 0 Å². The molecule has 8 heteroatoms. The van der Waals surface area contributed by atoms with Gasteiger partial charge in [0.1, 0.15) is 5.60 Å². The van der Waals surface area contributed by atoms with E-state index in [4.69, 9.17) is 4.74 Å². The summed E-state index contributed by atoms with van der Waals surface area (Å²) in [5.41, 5.74) is -0.576. The molecule has 0 fully saturated rings. The summed E-state index contributed by atoms with van der Waals surface area (Å²) in [6, 6.07) is 0. The average Bonchev–Trinajstić information content (AvgIpc) is 2.23. The lowest BCUT2D eigenvalue weighted by molar-refractivity contribution is -0.155. The van der Waals surface area contributed by atoms with E-state index in [0.717, 1.165) is 4.31 Å². The van der Waals surface area contributed by atoms with Crippen LogP contribution in [-0.4, -0.2) is 56.6 Å². The Morgan fingerprint density at radius 2 is 1.70 bits per heavy atom. The summed E-state index contributed by atoms with van der Waals surface area (Å²) in [6.45, 7) is 5.26. The van der Waals surface area contributed by atoms with Crippen LogP contribution in [0.15, 0.2) is 0 Å². The molecule has 0 aromatic carbocycles. The summed E-state index contributed by atoms with van der Waals surface area (Å²) in [5, 5.41) is 2.46. The van der Waals surface area contributed by atoms with Crippen molar-refractivity contribution in [1.29, 1.82) is 0 Å². The third-order valence-corrected chi connectivity index (χ3v) is 4.05. The topological polar surface area (TPSA) is 92.8 Å². The van der Waals surface area contributed by atoms with Gasteiger partial charge in [-0.3, -0.25) is 9.59 Å². The van der Waals surface area contributed by atoms with Crippen molar-refractivity contribution in [3.05, 3.63) is 0 Å². The molecule has 0 aromatic rings.